The number of aryl methyl sites for hydroxylation is 1. The summed E-state index contributed by atoms with van der Waals surface area (Å²) in [5, 5.41) is 9.04. The van der Waals surface area contributed by atoms with Gasteiger partial charge in [0.25, 0.3) is 11.8 Å². The number of anilines is 2. The standard InChI is InChI=1S/C31H25Cl2N3O3S/c1-20-8-5-6-13-27(20)35-29(37)19-40-23-16-14-22(15-17-23)34-31(39)28(18-24-25(32)11-7-12-26(24)33)36-30(38)21-9-3-2-4-10-21/h2-18H,19H2,1H3,(H,34,39)(H,35,37)(H,36,38)/b28-18-. The summed E-state index contributed by atoms with van der Waals surface area (Å²) in [7, 11) is 0. The zero-order valence-corrected chi connectivity index (χ0v) is 23.7. The highest BCUT2D eigenvalue weighted by Crippen LogP contribution is 2.27. The van der Waals surface area contributed by atoms with Crippen molar-refractivity contribution in [1.82, 2.24) is 5.32 Å². The third-order valence-electron chi connectivity index (χ3n) is 5.72. The molecule has 0 aromatic heterocycles. The Morgan fingerprint density at radius 2 is 1.43 bits per heavy atom. The fourth-order valence-corrected chi connectivity index (χ4v) is 4.82. The molecule has 3 amide bonds. The number of benzene rings is 4. The van der Waals surface area contributed by atoms with Gasteiger partial charge in [-0.2, -0.15) is 0 Å². The van der Waals surface area contributed by atoms with Gasteiger partial charge >= 0.3 is 0 Å². The number of nitrogens with one attached hydrogen (secondary N) is 3. The third kappa shape index (κ3) is 7.99. The number of rotatable bonds is 9. The highest BCUT2D eigenvalue weighted by Gasteiger charge is 2.17. The van der Waals surface area contributed by atoms with Gasteiger partial charge in [-0.05, 0) is 73.2 Å². The summed E-state index contributed by atoms with van der Waals surface area (Å²) < 4.78 is 0. The van der Waals surface area contributed by atoms with E-state index in [0.717, 1.165) is 16.1 Å². The quantitative estimate of drug-likeness (QED) is 0.140. The van der Waals surface area contributed by atoms with Gasteiger partial charge in [-0.1, -0.05) is 65.7 Å². The minimum Gasteiger partial charge on any atom is -0.325 e. The largest absolute Gasteiger partial charge is 0.325 e. The van der Waals surface area contributed by atoms with Gasteiger partial charge in [0.1, 0.15) is 5.70 Å². The topological polar surface area (TPSA) is 87.3 Å². The van der Waals surface area contributed by atoms with Crippen LogP contribution < -0.4 is 16.0 Å². The van der Waals surface area contributed by atoms with Crippen LogP contribution in [0.4, 0.5) is 11.4 Å². The molecule has 40 heavy (non-hydrogen) atoms. The summed E-state index contributed by atoms with van der Waals surface area (Å²) in [6, 6.07) is 28.2. The molecular formula is C31H25Cl2N3O3S. The molecule has 0 aliphatic heterocycles. The van der Waals surface area contributed by atoms with Gasteiger partial charge in [-0.15, -0.1) is 11.8 Å². The Bertz CT molecular complexity index is 1540. The number of amides is 3. The lowest BCUT2D eigenvalue weighted by Crippen LogP contribution is -2.30. The van der Waals surface area contributed by atoms with Crippen LogP contribution in [0.3, 0.4) is 0 Å². The first-order chi connectivity index (χ1) is 19.3. The molecule has 202 valence electrons. The number of carbonyl (C=O) groups is 3. The van der Waals surface area contributed by atoms with E-state index < -0.39 is 11.8 Å². The maximum atomic E-state index is 13.3. The SMILES string of the molecule is Cc1ccccc1NC(=O)CSc1ccc(NC(=O)/C(=C/c2c(Cl)cccc2Cl)NC(=O)c2ccccc2)cc1. The van der Waals surface area contributed by atoms with E-state index in [1.807, 2.05) is 31.2 Å². The Hall–Kier alpha value is -4.04. The van der Waals surface area contributed by atoms with Gasteiger partial charge in [0.15, 0.2) is 0 Å². The second kappa shape index (κ2) is 13.8. The van der Waals surface area contributed by atoms with Crippen LogP contribution in [0.15, 0.2) is 108 Å². The van der Waals surface area contributed by atoms with Gasteiger partial charge in [-0.25, -0.2) is 0 Å². The molecule has 0 heterocycles. The van der Waals surface area contributed by atoms with Crippen molar-refractivity contribution in [2.75, 3.05) is 16.4 Å². The van der Waals surface area contributed by atoms with E-state index in [1.54, 1.807) is 72.8 Å². The summed E-state index contributed by atoms with van der Waals surface area (Å²) in [5.41, 5.74) is 3.04. The lowest BCUT2D eigenvalue weighted by atomic mass is 10.1. The number of hydrogen-bond acceptors (Lipinski definition) is 4. The predicted molar refractivity (Wildman–Crippen MR) is 164 cm³/mol. The maximum absolute atomic E-state index is 13.3. The zero-order chi connectivity index (χ0) is 28.5. The van der Waals surface area contributed by atoms with Crippen LogP contribution >= 0.6 is 35.0 Å². The highest BCUT2D eigenvalue weighted by atomic mass is 35.5. The summed E-state index contributed by atoms with van der Waals surface area (Å²) in [6.45, 7) is 1.94. The van der Waals surface area contributed by atoms with Crippen LogP contribution in [0, 0.1) is 6.92 Å². The molecule has 9 heteroatoms. The maximum Gasteiger partial charge on any atom is 0.272 e. The fraction of sp³-hybridized carbons (Fsp3) is 0.0645. The van der Waals surface area contributed by atoms with Crippen LogP contribution in [0.5, 0.6) is 0 Å². The van der Waals surface area contributed by atoms with Crippen molar-refractivity contribution >= 4 is 70.1 Å². The van der Waals surface area contributed by atoms with Crippen LogP contribution in [-0.4, -0.2) is 23.5 Å². The smallest absolute Gasteiger partial charge is 0.272 e. The van der Waals surface area contributed by atoms with E-state index in [9.17, 15) is 14.4 Å². The van der Waals surface area contributed by atoms with E-state index in [-0.39, 0.29) is 17.4 Å². The number of para-hydroxylation sites is 1. The summed E-state index contributed by atoms with van der Waals surface area (Å²) in [4.78, 5) is 39.3. The van der Waals surface area contributed by atoms with E-state index >= 15 is 0 Å². The minimum atomic E-state index is -0.557. The molecular weight excluding hydrogens is 565 g/mol. The van der Waals surface area contributed by atoms with Crippen LogP contribution in [0.1, 0.15) is 21.5 Å². The van der Waals surface area contributed by atoms with Gasteiger partial charge in [-0.3, -0.25) is 14.4 Å². The Labute approximate surface area is 246 Å². The average Bonchev–Trinajstić information content (AvgIpc) is 2.95. The van der Waals surface area contributed by atoms with Crippen molar-refractivity contribution in [1.29, 1.82) is 0 Å². The van der Waals surface area contributed by atoms with Crippen molar-refractivity contribution < 1.29 is 14.4 Å². The highest BCUT2D eigenvalue weighted by molar-refractivity contribution is 8.00. The monoisotopic (exact) mass is 589 g/mol. The van der Waals surface area contributed by atoms with Crippen molar-refractivity contribution in [3.05, 3.63) is 129 Å². The lowest BCUT2D eigenvalue weighted by Gasteiger charge is -2.13. The predicted octanol–water partition coefficient (Wildman–Crippen LogP) is 7.44. The van der Waals surface area contributed by atoms with Crippen molar-refractivity contribution in [3.63, 3.8) is 0 Å². The molecule has 0 aliphatic rings. The molecule has 0 radical (unpaired) electrons. The number of halogens is 2. The third-order valence-corrected chi connectivity index (χ3v) is 7.39. The van der Waals surface area contributed by atoms with Gasteiger partial charge in [0.2, 0.25) is 5.91 Å². The summed E-state index contributed by atoms with van der Waals surface area (Å²) >= 11 is 14.0. The number of carbonyl (C=O) groups excluding carboxylic acids is 3. The van der Waals surface area contributed by atoms with Crippen molar-refractivity contribution in [3.8, 4) is 0 Å². The van der Waals surface area contributed by atoms with Gasteiger partial charge < -0.3 is 16.0 Å². The molecule has 0 atom stereocenters. The number of thioether (sulfide) groups is 1. The second-order valence-corrected chi connectivity index (χ2v) is 10.5. The van der Waals surface area contributed by atoms with E-state index in [0.29, 0.717) is 26.9 Å². The molecule has 0 saturated heterocycles. The summed E-state index contributed by atoms with van der Waals surface area (Å²) in [6.07, 6.45) is 1.44. The Morgan fingerprint density at radius 1 is 0.775 bits per heavy atom. The Morgan fingerprint density at radius 3 is 2.10 bits per heavy atom. The molecule has 3 N–H and O–H groups in total. The van der Waals surface area contributed by atoms with E-state index in [1.165, 1.54) is 17.8 Å². The molecule has 0 saturated carbocycles. The molecule has 0 spiro atoms. The van der Waals surface area contributed by atoms with Crippen molar-refractivity contribution in [2.45, 2.75) is 11.8 Å². The molecule has 0 unspecified atom stereocenters. The number of hydrogen-bond donors (Lipinski definition) is 3. The molecule has 0 fully saturated rings. The Kier molecular flexibility index (Phi) is 10.0. The second-order valence-electron chi connectivity index (χ2n) is 8.64. The normalized spacial score (nSPS) is 11.0. The minimum absolute atomic E-state index is 0.0322. The van der Waals surface area contributed by atoms with Crippen LogP contribution in [0.2, 0.25) is 10.0 Å². The first-order valence-corrected chi connectivity index (χ1v) is 14.0. The zero-order valence-electron chi connectivity index (χ0n) is 21.4. The van der Waals surface area contributed by atoms with Crippen molar-refractivity contribution in [2.24, 2.45) is 0 Å². The molecule has 0 bridgehead atoms. The fourth-order valence-electron chi connectivity index (χ4n) is 3.62. The average molecular weight is 591 g/mol. The lowest BCUT2D eigenvalue weighted by molar-refractivity contribution is -0.114. The molecule has 4 rings (SSSR count). The van der Waals surface area contributed by atoms with E-state index in [2.05, 4.69) is 16.0 Å². The first-order valence-electron chi connectivity index (χ1n) is 12.2. The molecule has 0 aliphatic carbocycles. The Balaban J connectivity index is 1.44. The molecule has 4 aromatic rings. The van der Waals surface area contributed by atoms with E-state index in [4.69, 9.17) is 23.2 Å². The van der Waals surface area contributed by atoms with Gasteiger partial charge in [0, 0.05) is 37.4 Å². The first kappa shape index (κ1) is 29.0. The van der Waals surface area contributed by atoms with Crippen LogP contribution in [0.25, 0.3) is 6.08 Å². The molecule has 4 aromatic carbocycles. The summed E-state index contributed by atoms with van der Waals surface area (Å²) in [5.74, 6) is -0.894. The van der Waals surface area contributed by atoms with Gasteiger partial charge in [0.05, 0.1) is 5.75 Å². The molecule has 6 nitrogen and oxygen atoms in total. The van der Waals surface area contributed by atoms with Crippen LogP contribution in [-0.2, 0) is 9.59 Å².